The van der Waals surface area contributed by atoms with Crippen molar-refractivity contribution in [1.29, 1.82) is 0 Å². The third-order valence-corrected chi connectivity index (χ3v) is 8.09. The van der Waals surface area contributed by atoms with Crippen LogP contribution in [0.4, 0.5) is 0 Å². The lowest BCUT2D eigenvalue weighted by Gasteiger charge is -2.26. The van der Waals surface area contributed by atoms with Crippen molar-refractivity contribution in [2.75, 3.05) is 0 Å². The minimum absolute atomic E-state index is 0.0196. The van der Waals surface area contributed by atoms with Gasteiger partial charge in [-0.2, -0.15) is 0 Å². The summed E-state index contributed by atoms with van der Waals surface area (Å²) in [4.78, 5) is 0. The predicted molar refractivity (Wildman–Crippen MR) is 140 cm³/mol. The van der Waals surface area contributed by atoms with Crippen LogP contribution in [-0.2, 0) is 0 Å². The molecule has 0 aromatic heterocycles. The van der Waals surface area contributed by atoms with E-state index in [2.05, 4.69) is 20.8 Å². The second kappa shape index (κ2) is 20.6. The van der Waals surface area contributed by atoms with Crippen LogP contribution in [0.1, 0.15) is 168 Å². The van der Waals surface area contributed by atoms with E-state index in [4.69, 9.17) is 5.11 Å². The quantitative estimate of drug-likeness (QED) is 0.253. The first-order valence-electron chi connectivity index (χ1n) is 14.8. The number of hydrogen-bond donors (Lipinski definition) is 1. The molecule has 0 aliphatic heterocycles. The normalized spacial score (nSPS) is 26.3. The highest BCUT2D eigenvalue weighted by Crippen LogP contribution is 2.31. The molecule has 0 saturated heterocycles. The molecule has 186 valence electrons. The van der Waals surface area contributed by atoms with Crippen molar-refractivity contribution < 1.29 is 5.11 Å². The van der Waals surface area contributed by atoms with Crippen molar-refractivity contribution in [2.45, 2.75) is 175 Å². The number of aliphatic hydroxyl groups is 1. The van der Waals surface area contributed by atoms with E-state index in [-0.39, 0.29) is 6.10 Å². The topological polar surface area (TPSA) is 20.2 Å². The van der Waals surface area contributed by atoms with Crippen molar-refractivity contribution in [2.24, 2.45) is 17.8 Å². The molecule has 2 aliphatic rings. The second-order valence-corrected chi connectivity index (χ2v) is 11.4. The van der Waals surface area contributed by atoms with E-state index in [1.54, 1.807) is 0 Å². The first-order chi connectivity index (χ1) is 15.1. The van der Waals surface area contributed by atoms with Crippen molar-refractivity contribution in [3.63, 3.8) is 0 Å². The standard InChI is InChI=1S/C23H46.C7H14O/c1-3-4-5-6-7-8-9-10-11-12-13-14-15-16-17-23-20-18-22(2)19-21-23;1-6-2-4-7(8)5-3-6/h22-23H,3-21H2,1-2H3;6-8H,2-5H2,1H3. The van der Waals surface area contributed by atoms with Crippen LogP contribution in [0.2, 0.25) is 0 Å². The zero-order chi connectivity index (χ0) is 22.6. The first-order valence-corrected chi connectivity index (χ1v) is 14.8. The lowest BCUT2D eigenvalue weighted by molar-refractivity contribution is 0.112. The molecule has 1 N–H and O–H groups in total. The van der Waals surface area contributed by atoms with Gasteiger partial charge in [0.05, 0.1) is 6.10 Å². The molecule has 2 aliphatic carbocycles. The number of rotatable bonds is 15. The maximum atomic E-state index is 9.03. The van der Waals surface area contributed by atoms with Gasteiger partial charge in [0.2, 0.25) is 0 Å². The van der Waals surface area contributed by atoms with Gasteiger partial charge in [0, 0.05) is 0 Å². The van der Waals surface area contributed by atoms with Gasteiger partial charge in [0.25, 0.3) is 0 Å². The summed E-state index contributed by atoms with van der Waals surface area (Å²) < 4.78 is 0. The average molecular weight is 437 g/mol. The van der Waals surface area contributed by atoms with Gasteiger partial charge < -0.3 is 5.11 Å². The van der Waals surface area contributed by atoms with E-state index in [0.717, 1.165) is 30.6 Å². The summed E-state index contributed by atoms with van der Waals surface area (Å²) in [6, 6.07) is 0. The summed E-state index contributed by atoms with van der Waals surface area (Å²) in [5, 5.41) is 9.03. The Balaban J connectivity index is 0.000000500. The van der Waals surface area contributed by atoms with Crippen molar-refractivity contribution >= 4 is 0 Å². The molecule has 1 nitrogen and oxygen atoms in total. The van der Waals surface area contributed by atoms with Crippen LogP contribution in [0.15, 0.2) is 0 Å². The Hall–Kier alpha value is -0.0400. The third kappa shape index (κ3) is 18.1. The molecule has 2 rings (SSSR count). The first kappa shape index (κ1) is 29.0. The van der Waals surface area contributed by atoms with Gasteiger partial charge >= 0.3 is 0 Å². The largest absolute Gasteiger partial charge is 0.393 e. The number of aliphatic hydroxyl groups excluding tert-OH is 1. The molecule has 2 fully saturated rings. The van der Waals surface area contributed by atoms with Crippen LogP contribution in [-0.4, -0.2) is 11.2 Å². The molecule has 0 spiro atoms. The van der Waals surface area contributed by atoms with Gasteiger partial charge in [0.1, 0.15) is 0 Å². The Morgan fingerprint density at radius 1 is 0.484 bits per heavy atom. The van der Waals surface area contributed by atoms with Crippen LogP contribution < -0.4 is 0 Å². The van der Waals surface area contributed by atoms with Gasteiger partial charge in [-0.05, 0) is 43.4 Å². The van der Waals surface area contributed by atoms with Crippen LogP contribution >= 0.6 is 0 Å². The molecule has 0 atom stereocenters. The summed E-state index contributed by atoms with van der Waals surface area (Å²) in [6.45, 7) is 6.99. The summed E-state index contributed by atoms with van der Waals surface area (Å²) in [6.07, 6.45) is 32.9. The monoisotopic (exact) mass is 436 g/mol. The Kier molecular flexibility index (Phi) is 19.2. The third-order valence-electron chi connectivity index (χ3n) is 8.09. The Bertz CT molecular complexity index is 339. The van der Waals surface area contributed by atoms with E-state index in [9.17, 15) is 0 Å². The molecular formula is C30H60O. The zero-order valence-electron chi connectivity index (χ0n) is 22.0. The highest BCUT2D eigenvalue weighted by atomic mass is 16.3. The summed E-state index contributed by atoms with van der Waals surface area (Å²) in [5.41, 5.74) is 0. The molecule has 31 heavy (non-hydrogen) atoms. The minimum atomic E-state index is 0.0196. The van der Waals surface area contributed by atoms with Gasteiger partial charge in [-0.25, -0.2) is 0 Å². The highest BCUT2D eigenvalue weighted by Gasteiger charge is 2.17. The maximum absolute atomic E-state index is 9.03. The van der Waals surface area contributed by atoms with Gasteiger partial charge in [-0.1, -0.05) is 143 Å². The number of unbranched alkanes of at least 4 members (excludes halogenated alkanes) is 13. The van der Waals surface area contributed by atoms with Gasteiger partial charge in [-0.15, -0.1) is 0 Å². The fourth-order valence-corrected chi connectivity index (χ4v) is 5.49. The lowest BCUT2D eigenvalue weighted by atomic mass is 9.80. The molecule has 0 radical (unpaired) electrons. The number of hydrogen-bond acceptors (Lipinski definition) is 1. The Morgan fingerprint density at radius 3 is 1.23 bits per heavy atom. The van der Waals surface area contributed by atoms with Crippen LogP contribution in [0.3, 0.4) is 0 Å². The van der Waals surface area contributed by atoms with E-state index >= 15 is 0 Å². The van der Waals surface area contributed by atoms with E-state index in [0.29, 0.717) is 0 Å². The smallest absolute Gasteiger partial charge is 0.0540 e. The fourth-order valence-electron chi connectivity index (χ4n) is 5.49. The van der Waals surface area contributed by atoms with E-state index in [1.807, 2.05) is 0 Å². The Morgan fingerprint density at radius 2 is 0.839 bits per heavy atom. The van der Waals surface area contributed by atoms with Crippen LogP contribution in [0, 0.1) is 17.8 Å². The van der Waals surface area contributed by atoms with Gasteiger partial charge in [-0.3, -0.25) is 0 Å². The predicted octanol–water partition coefficient (Wildman–Crippen LogP) is 10.2. The molecule has 2 saturated carbocycles. The highest BCUT2D eigenvalue weighted by molar-refractivity contribution is 4.70. The molecule has 0 aromatic rings. The van der Waals surface area contributed by atoms with Crippen molar-refractivity contribution in [1.82, 2.24) is 0 Å². The van der Waals surface area contributed by atoms with E-state index < -0.39 is 0 Å². The van der Waals surface area contributed by atoms with E-state index in [1.165, 1.54) is 135 Å². The molecule has 1 heteroatoms. The average Bonchev–Trinajstić information content (AvgIpc) is 2.78. The van der Waals surface area contributed by atoms with Crippen LogP contribution in [0.5, 0.6) is 0 Å². The molecule has 0 bridgehead atoms. The fraction of sp³-hybridized carbons (Fsp3) is 1.00. The summed E-state index contributed by atoms with van der Waals surface area (Å²) >= 11 is 0. The van der Waals surface area contributed by atoms with Crippen molar-refractivity contribution in [3.05, 3.63) is 0 Å². The molecule has 0 aromatic carbocycles. The van der Waals surface area contributed by atoms with Gasteiger partial charge in [0.15, 0.2) is 0 Å². The molecule has 0 heterocycles. The molecule has 0 amide bonds. The molecular weight excluding hydrogens is 376 g/mol. The Labute approximate surface area is 197 Å². The molecule has 0 unspecified atom stereocenters. The zero-order valence-corrected chi connectivity index (χ0v) is 22.0. The minimum Gasteiger partial charge on any atom is -0.393 e. The SMILES string of the molecule is CC1CCC(O)CC1.CCCCCCCCCCCCCCCCC1CCC(C)CC1. The lowest BCUT2D eigenvalue weighted by Crippen LogP contribution is -2.15. The van der Waals surface area contributed by atoms with Crippen LogP contribution in [0.25, 0.3) is 0 Å². The maximum Gasteiger partial charge on any atom is 0.0540 e. The summed E-state index contributed by atoms with van der Waals surface area (Å²) in [7, 11) is 0. The summed E-state index contributed by atoms with van der Waals surface area (Å²) in [5.74, 6) is 2.96. The second-order valence-electron chi connectivity index (χ2n) is 11.4. The van der Waals surface area contributed by atoms with Crippen molar-refractivity contribution in [3.8, 4) is 0 Å².